The molecule has 3 nitrogen and oxygen atoms in total. The molecule has 86 valence electrons. The molecule has 2 atom stereocenters. The van der Waals surface area contributed by atoms with Crippen molar-refractivity contribution in [1.29, 1.82) is 5.26 Å². The Morgan fingerprint density at radius 3 is 2.76 bits per heavy atom. The molecule has 0 spiro atoms. The maximum Gasteiger partial charge on any atom is 0.151 e. The highest BCUT2D eigenvalue weighted by Gasteiger charge is 2.25. The van der Waals surface area contributed by atoms with Crippen LogP contribution in [0.15, 0.2) is 36.4 Å². The topological polar surface area (TPSA) is 50.1 Å². The Morgan fingerprint density at radius 1 is 1.29 bits per heavy atom. The number of hydrogen-bond donors (Lipinski definition) is 0. The van der Waals surface area contributed by atoms with Crippen LogP contribution in [0.4, 0.5) is 0 Å². The molecule has 1 aromatic carbocycles. The van der Waals surface area contributed by atoms with Crippen molar-refractivity contribution in [2.75, 3.05) is 0 Å². The van der Waals surface area contributed by atoms with E-state index in [9.17, 15) is 4.79 Å². The first-order valence-electron chi connectivity index (χ1n) is 5.58. The lowest BCUT2D eigenvalue weighted by atomic mass is 10.0. The molecule has 0 aromatic heterocycles. The van der Waals surface area contributed by atoms with Crippen LogP contribution in [0.3, 0.4) is 0 Å². The Kier molecular flexibility index (Phi) is 3.69. The van der Waals surface area contributed by atoms with Crippen molar-refractivity contribution >= 4 is 11.9 Å². The van der Waals surface area contributed by atoms with Gasteiger partial charge in [-0.05, 0) is 5.56 Å². The van der Waals surface area contributed by atoms with Gasteiger partial charge in [0, 0.05) is 12.8 Å². The molecule has 0 N–H and O–H groups in total. The number of nitrogens with zero attached hydrogens (tertiary/aromatic N) is 1. The number of rotatable bonds is 2. The van der Waals surface area contributed by atoms with Crippen LogP contribution in [-0.2, 0) is 9.53 Å². The van der Waals surface area contributed by atoms with Crippen LogP contribution in [0.5, 0.6) is 0 Å². The van der Waals surface area contributed by atoms with Gasteiger partial charge in [-0.2, -0.15) is 5.26 Å². The van der Waals surface area contributed by atoms with Crippen LogP contribution in [0.2, 0.25) is 0 Å². The van der Waals surface area contributed by atoms with Gasteiger partial charge in [-0.1, -0.05) is 42.5 Å². The second-order valence-electron chi connectivity index (χ2n) is 4.01. The number of ether oxygens (including phenoxy) is 1. The lowest BCUT2D eigenvalue weighted by molar-refractivity contribution is -0.129. The minimum absolute atomic E-state index is 0.0884. The van der Waals surface area contributed by atoms with E-state index in [2.05, 4.69) is 0 Å². The molecule has 3 heteroatoms. The zero-order valence-corrected chi connectivity index (χ0v) is 9.37. The molecule has 2 rings (SSSR count). The number of nitriles is 1. The smallest absolute Gasteiger partial charge is 0.151 e. The Bertz CT molecular complexity index is 459. The highest BCUT2D eigenvalue weighted by Crippen LogP contribution is 2.17. The van der Waals surface area contributed by atoms with Gasteiger partial charge in [-0.15, -0.1) is 0 Å². The molecule has 1 aliphatic heterocycles. The van der Waals surface area contributed by atoms with Gasteiger partial charge in [0.15, 0.2) is 6.10 Å². The summed E-state index contributed by atoms with van der Waals surface area (Å²) >= 11 is 0. The fourth-order valence-corrected chi connectivity index (χ4v) is 1.79. The molecule has 1 fully saturated rings. The molecule has 1 saturated heterocycles. The van der Waals surface area contributed by atoms with Gasteiger partial charge in [-0.25, -0.2) is 0 Å². The largest absolute Gasteiger partial charge is 0.355 e. The van der Waals surface area contributed by atoms with Gasteiger partial charge in [0.1, 0.15) is 5.78 Å². The van der Waals surface area contributed by atoms with Crippen LogP contribution in [0.25, 0.3) is 6.08 Å². The molecule has 0 bridgehead atoms. The fourth-order valence-electron chi connectivity index (χ4n) is 1.79. The summed E-state index contributed by atoms with van der Waals surface area (Å²) < 4.78 is 5.46. The average Bonchev–Trinajstić information content (AvgIpc) is 2.37. The molecule has 2 unspecified atom stereocenters. The highest BCUT2D eigenvalue weighted by molar-refractivity contribution is 5.81. The highest BCUT2D eigenvalue weighted by atomic mass is 16.5. The van der Waals surface area contributed by atoms with Crippen LogP contribution in [0.1, 0.15) is 18.4 Å². The van der Waals surface area contributed by atoms with Crippen molar-refractivity contribution in [3.8, 4) is 6.07 Å². The summed E-state index contributed by atoms with van der Waals surface area (Å²) in [5, 5.41) is 8.76. The van der Waals surface area contributed by atoms with E-state index in [0.717, 1.165) is 5.56 Å². The Morgan fingerprint density at radius 2 is 2.06 bits per heavy atom. The summed E-state index contributed by atoms with van der Waals surface area (Å²) in [5.74, 6) is 0.0884. The lowest BCUT2D eigenvalue weighted by Gasteiger charge is -2.22. The van der Waals surface area contributed by atoms with E-state index in [4.69, 9.17) is 10.00 Å². The minimum Gasteiger partial charge on any atom is -0.355 e. The molecule has 0 saturated carbocycles. The van der Waals surface area contributed by atoms with Gasteiger partial charge in [0.25, 0.3) is 0 Å². The zero-order chi connectivity index (χ0) is 12.1. The maximum atomic E-state index is 11.4. The summed E-state index contributed by atoms with van der Waals surface area (Å²) in [7, 11) is 0. The number of hydrogen-bond acceptors (Lipinski definition) is 3. The first-order valence-corrected chi connectivity index (χ1v) is 5.58. The van der Waals surface area contributed by atoms with Gasteiger partial charge < -0.3 is 4.74 Å². The predicted molar refractivity (Wildman–Crippen MR) is 64.0 cm³/mol. The minimum atomic E-state index is -0.596. The number of carbonyl (C=O) groups excluding carboxylic acids is 1. The van der Waals surface area contributed by atoms with Gasteiger partial charge in [0.05, 0.1) is 12.2 Å². The Balaban J connectivity index is 2.02. The monoisotopic (exact) mass is 227 g/mol. The van der Waals surface area contributed by atoms with Crippen molar-refractivity contribution in [1.82, 2.24) is 0 Å². The van der Waals surface area contributed by atoms with E-state index in [1.165, 1.54) is 0 Å². The van der Waals surface area contributed by atoms with Gasteiger partial charge >= 0.3 is 0 Å². The van der Waals surface area contributed by atoms with Crippen LogP contribution in [-0.4, -0.2) is 18.0 Å². The zero-order valence-electron chi connectivity index (χ0n) is 9.37. The fraction of sp³-hybridized carbons (Fsp3) is 0.286. The van der Waals surface area contributed by atoms with Crippen LogP contribution in [0, 0.1) is 11.3 Å². The first-order chi connectivity index (χ1) is 8.28. The number of benzene rings is 1. The SMILES string of the molecule is N#CC1CC(=O)CC(/C=C/c2ccccc2)O1. The summed E-state index contributed by atoms with van der Waals surface area (Å²) in [4.78, 5) is 11.4. The molecule has 17 heavy (non-hydrogen) atoms. The van der Waals surface area contributed by atoms with E-state index in [-0.39, 0.29) is 18.3 Å². The molecule has 0 amide bonds. The molecule has 0 aliphatic carbocycles. The number of carbonyl (C=O) groups is 1. The second-order valence-corrected chi connectivity index (χ2v) is 4.01. The Labute approximate surface area is 100 Å². The summed E-state index contributed by atoms with van der Waals surface area (Å²) in [6.07, 6.45) is 3.46. The summed E-state index contributed by atoms with van der Waals surface area (Å²) in [5.41, 5.74) is 1.06. The van der Waals surface area contributed by atoms with Crippen molar-refractivity contribution in [2.45, 2.75) is 25.0 Å². The standard InChI is InChI=1S/C14H13NO2/c15-10-14-9-12(16)8-13(17-14)7-6-11-4-2-1-3-5-11/h1-7,13-14H,8-9H2/b7-6+. The lowest BCUT2D eigenvalue weighted by Crippen LogP contribution is -2.30. The van der Waals surface area contributed by atoms with E-state index >= 15 is 0 Å². The maximum absolute atomic E-state index is 11.4. The predicted octanol–water partition coefficient (Wildman–Crippen LogP) is 2.34. The summed E-state index contributed by atoms with van der Waals surface area (Å²) in [6.45, 7) is 0. The molecular weight excluding hydrogens is 214 g/mol. The Hall–Kier alpha value is -1.92. The van der Waals surface area contributed by atoms with Gasteiger partial charge in [-0.3, -0.25) is 4.79 Å². The van der Waals surface area contributed by atoms with Crippen LogP contribution < -0.4 is 0 Å². The normalized spacial score (nSPS) is 24.8. The van der Waals surface area contributed by atoms with E-state index in [0.29, 0.717) is 6.42 Å². The molecule has 0 radical (unpaired) electrons. The van der Waals surface area contributed by atoms with Crippen LogP contribution >= 0.6 is 0 Å². The third-order valence-electron chi connectivity index (χ3n) is 2.63. The van der Waals surface area contributed by atoms with Crippen molar-refractivity contribution in [2.24, 2.45) is 0 Å². The third kappa shape index (κ3) is 3.27. The van der Waals surface area contributed by atoms with E-state index in [1.807, 2.05) is 48.6 Å². The quantitative estimate of drug-likeness (QED) is 0.779. The average molecular weight is 227 g/mol. The molecule has 1 aliphatic rings. The number of ketones is 1. The molecular formula is C14H13NO2. The van der Waals surface area contributed by atoms with Gasteiger partial charge in [0.2, 0.25) is 0 Å². The van der Waals surface area contributed by atoms with E-state index < -0.39 is 6.10 Å². The molecule has 1 heterocycles. The van der Waals surface area contributed by atoms with Crippen molar-refractivity contribution in [3.05, 3.63) is 42.0 Å². The second kappa shape index (κ2) is 5.42. The summed E-state index contributed by atoms with van der Waals surface area (Å²) in [6, 6.07) is 11.8. The number of Topliss-reactive ketones (excluding diaryl/α,β-unsaturated/α-hetero) is 1. The van der Waals surface area contributed by atoms with Crippen molar-refractivity contribution in [3.63, 3.8) is 0 Å². The van der Waals surface area contributed by atoms with Crippen molar-refractivity contribution < 1.29 is 9.53 Å². The molecule has 1 aromatic rings. The van der Waals surface area contributed by atoms with E-state index in [1.54, 1.807) is 0 Å². The first kappa shape index (κ1) is 11.6. The third-order valence-corrected chi connectivity index (χ3v) is 2.63.